The minimum Gasteiger partial charge on any atom is -1.00 e. The van der Waals surface area contributed by atoms with E-state index in [-0.39, 0.29) is 29.1 Å². The van der Waals surface area contributed by atoms with Gasteiger partial charge in [0, 0.05) is 6.92 Å². The van der Waals surface area contributed by atoms with E-state index < -0.39 is 7.26 Å². The van der Waals surface area contributed by atoms with Crippen molar-refractivity contribution in [1.29, 1.82) is 0 Å². The third-order valence-electron chi connectivity index (χ3n) is 5.53. The van der Waals surface area contributed by atoms with Gasteiger partial charge < -0.3 is 21.7 Å². The Kier molecular flexibility index (Phi) is 10.4. The highest BCUT2D eigenvalue weighted by molar-refractivity contribution is 7.95. The molecular weight excluding hydrogens is 467 g/mol. The smallest absolute Gasteiger partial charge is 0.303 e. The summed E-state index contributed by atoms with van der Waals surface area (Å²) in [6.45, 7) is 3.73. The molecular formula is C27H32BrO2P. The van der Waals surface area contributed by atoms with Gasteiger partial charge in [-0.3, -0.25) is 4.79 Å². The highest BCUT2D eigenvalue weighted by atomic mass is 79.9. The molecule has 0 amide bonds. The molecule has 164 valence electrons. The lowest BCUT2D eigenvalue weighted by molar-refractivity contribution is -0.145. The van der Waals surface area contributed by atoms with Gasteiger partial charge in [-0.05, 0) is 49.2 Å². The molecule has 1 unspecified atom stereocenters. The molecule has 3 aromatic carbocycles. The number of carbonyl (C=O) groups excluding carboxylic acids is 1. The SMILES string of the molecule is CCCCCC(C[P+](c1ccccc1)(c1ccccc1)c1ccccc1)OC(C)=O.[Br-]. The van der Waals surface area contributed by atoms with Crippen LogP contribution in [0.3, 0.4) is 0 Å². The average Bonchev–Trinajstić information content (AvgIpc) is 2.79. The van der Waals surface area contributed by atoms with E-state index in [9.17, 15) is 4.79 Å². The van der Waals surface area contributed by atoms with Crippen LogP contribution in [-0.4, -0.2) is 18.2 Å². The zero-order valence-corrected chi connectivity index (χ0v) is 20.9. The van der Waals surface area contributed by atoms with Crippen molar-refractivity contribution in [3.63, 3.8) is 0 Å². The zero-order valence-electron chi connectivity index (χ0n) is 18.4. The molecule has 0 radical (unpaired) electrons. The largest absolute Gasteiger partial charge is 1.00 e. The van der Waals surface area contributed by atoms with Gasteiger partial charge in [0.25, 0.3) is 0 Å². The molecule has 3 rings (SSSR count). The first-order valence-electron chi connectivity index (χ1n) is 10.9. The summed E-state index contributed by atoms with van der Waals surface area (Å²) in [7, 11) is -1.99. The number of rotatable bonds is 10. The van der Waals surface area contributed by atoms with E-state index >= 15 is 0 Å². The Morgan fingerprint density at radius 1 is 0.774 bits per heavy atom. The molecule has 0 aliphatic carbocycles. The third-order valence-corrected chi connectivity index (χ3v) is 10.0. The topological polar surface area (TPSA) is 26.3 Å². The van der Waals surface area contributed by atoms with Crippen molar-refractivity contribution in [3.8, 4) is 0 Å². The number of esters is 1. The highest BCUT2D eigenvalue weighted by Crippen LogP contribution is 2.56. The van der Waals surface area contributed by atoms with Gasteiger partial charge in [0.2, 0.25) is 0 Å². The fourth-order valence-corrected chi connectivity index (χ4v) is 8.60. The molecule has 0 fully saturated rings. The lowest BCUT2D eigenvalue weighted by Crippen LogP contribution is -3.00. The lowest BCUT2D eigenvalue weighted by atomic mass is 10.1. The second kappa shape index (κ2) is 12.8. The van der Waals surface area contributed by atoms with Crippen molar-refractivity contribution in [2.75, 3.05) is 6.16 Å². The maximum absolute atomic E-state index is 12.0. The number of ether oxygens (including phenoxy) is 1. The fraction of sp³-hybridized carbons (Fsp3) is 0.296. The summed E-state index contributed by atoms with van der Waals surface area (Å²) in [6, 6.07) is 32.4. The Morgan fingerprint density at radius 3 is 1.55 bits per heavy atom. The van der Waals surface area contributed by atoms with Crippen LogP contribution in [0.1, 0.15) is 39.5 Å². The van der Waals surface area contributed by atoms with Crippen molar-refractivity contribution in [3.05, 3.63) is 91.0 Å². The standard InChI is InChI=1S/C27H32O2P.BrH/c1-3-4-8-15-24(29-23(2)28)22-30(25-16-9-5-10-17-25,26-18-11-6-12-19-26)27-20-13-7-14-21-27;/h5-7,9-14,16-21,24H,3-4,8,15,22H2,1-2H3;1H/q+1;/p-1. The Hall–Kier alpha value is -1.96. The van der Waals surface area contributed by atoms with E-state index in [1.807, 2.05) is 0 Å². The van der Waals surface area contributed by atoms with Crippen molar-refractivity contribution >= 4 is 29.1 Å². The molecule has 31 heavy (non-hydrogen) atoms. The summed E-state index contributed by atoms with van der Waals surface area (Å²) < 4.78 is 5.91. The molecule has 0 saturated carbocycles. The maximum Gasteiger partial charge on any atom is 0.303 e. The van der Waals surface area contributed by atoms with Crippen LogP contribution in [-0.2, 0) is 9.53 Å². The quantitative estimate of drug-likeness (QED) is 0.244. The van der Waals surface area contributed by atoms with E-state index in [0.29, 0.717) is 0 Å². The monoisotopic (exact) mass is 498 g/mol. The first-order chi connectivity index (χ1) is 14.7. The predicted octanol–water partition coefficient (Wildman–Crippen LogP) is 2.50. The maximum atomic E-state index is 12.0. The Labute approximate surface area is 198 Å². The van der Waals surface area contributed by atoms with Crippen LogP contribution in [0, 0.1) is 0 Å². The van der Waals surface area contributed by atoms with Gasteiger partial charge in [0.15, 0.2) is 0 Å². The molecule has 0 heterocycles. The van der Waals surface area contributed by atoms with E-state index in [2.05, 4.69) is 97.9 Å². The van der Waals surface area contributed by atoms with Crippen LogP contribution in [0.25, 0.3) is 0 Å². The molecule has 3 aromatic rings. The molecule has 4 heteroatoms. The molecule has 2 nitrogen and oxygen atoms in total. The van der Waals surface area contributed by atoms with E-state index in [4.69, 9.17) is 4.74 Å². The van der Waals surface area contributed by atoms with E-state index in [1.54, 1.807) is 0 Å². The normalized spacial score (nSPS) is 11.9. The molecule has 0 saturated heterocycles. The van der Waals surface area contributed by atoms with Gasteiger partial charge in [-0.25, -0.2) is 0 Å². The molecule has 0 N–H and O–H groups in total. The number of carbonyl (C=O) groups is 1. The van der Waals surface area contributed by atoms with E-state index in [1.165, 1.54) is 22.8 Å². The van der Waals surface area contributed by atoms with Gasteiger partial charge in [0.1, 0.15) is 35.4 Å². The first-order valence-corrected chi connectivity index (χ1v) is 12.9. The summed E-state index contributed by atoms with van der Waals surface area (Å²) in [5, 5.41) is 3.99. The molecule has 0 bridgehead atoms. The lowest BCUT2D eigenvalue weighted by Gasteiger charge is -2.31. The minimum atomic E-state index is -1.99. The van der Waals surface area contributed by atoms with E-state index in [0.717, 1.165) is 31.8 Å². The fourth-order valence-electron chi connectivity index (χ4n) is 4.16. The minimum absolute atomic E-state index is 0. The summed E-state index contributed by atoms with van der Waals surface area (Å²) in [5.74, 6) is -0.191. The van der Waals surface area contributed by atoms with Crippen molar-refractivity contribution in [2.24, 2.45) is 0 Å². The zero-order chi connectivity index (χ0) is 21.2. The van der Waals surface area contributed by atoms with Crippen LogP contribution in [0.5, 0.6) is 0 Å². The van der Waals surface area contributed by atoms with Crippen molar-refractivity contribution in [1.82, 2.24) is 0 Å². The van der Waals surface area contributed by atoms with Crippen molar-refractivity contribution in [2.45, 2.75) is 45.6 Å². The van der Waals surface area contributed by atoms with Crippen LogP contribution >= 0.6 is 7.26 Å². The highest BCUT2D eigenvalue weighted by Gasteiger charge is 2.47. The van der Waals surface area contributed by atoms with Crippen LogP contribution in [0.2, 0.25) is 0 Å². The second-order valence-corrected chi connectivity index (χ2v) is 11.3. The van der Waals surface area contributed by atoms with Crippen LogP contribution in [0.15, 0.2) is 91.0 Å². The Balaban J connectivity index is 0.00000341. The van der Waals surface area contributed by atoms with Crippen LogP contribution < -0.4 is 32.9 Å². The third kappa shape index (κ3) is 6.51. The summed E-state index contributed by atoms with van der Waals surface area (Å²) in [5.41, 5.74) is 0. The number of hydrogen-bond acceptors (Lipinski definition) is 2. The molecule has 0 aromatic heterocycles. The summed E-state index contributed by atoms with van der Waals surface area (Å²) in [6.07, 6.45) is 5.03. The Morgan fingerprint density at radius 2 is 1.19 bits per heavy atom. The summed E-state index contributed by atoms with van der Waals surface area (Å²) in [4.78, 5) is 12.0. The first kappa shape index (κ1) is 25.3. The van der Waals surface area contributed by atoms with Gasteiger partial charge in [-0.15, -0.1) is 0 Å². The van der Waals surface area contributed by atoms with Gasteiger partial charge in [-0.1, -0.05) is 74.4 Å². The number of hydrogen-bond donors (Lipinski definition) is 0. The number of benzene rings is 3. The van der Waals surface area contributed by atoms with Gasteiger partial charge in [0.05, 0.1) is 0 Å². The molecule has 0 spiro atoms. The van der Waals surface area contributed by atoms with Crippen LogP contribution in [0.4, 0.5) is 0 Å². The number of unbranched alkanes of at least 4 members (excludes halogenated alkanes) is 2. The van der Waals surface area contributed by atoms with Crippen molar-refractivity contribution < 1.29 is 26.5 Å². The molecule has 0 aliphatic rings. The average molecular weight is 499 g/mol. The Bertz CT molecular complexity index is 804. The number of halogens is 1. The molecule has 0 aliphatic heterocycles. The molecule has 1 atom stereocenters. The van der Waals surface area contributed by atoms with Gasteiger partial charge in [-0.2, -0.15) is 0 Å². The summed E-state index contributed by atoms with van der Waals surface area (Å²) >= 11 is 0. The second-order valence-electron chi connectivity index (χ2n) is 7.73. The van der Waals surface area contributed by atoms with Gasteiger partial charge >= 0.3 is 5.97 Å². The predicted molar refractivity (Wildman–Crippen MR) is 130 cm³/mol.